The molecule has 0 unspecified atom stereocenters. The van der Waals surface area contributed by atoms with Crippen molar-refractivity contribution in [2.45, 2.75) is 31.8 Å². The number of aryl methyl sites for hydroxylation is 1. The zero-order valence-corrected chi connectivity index (χ0v) is 14.9. The van der Waals surface area contributed by atoms with Gasteiger partial charge >= 0.3 is 0 Å². The summed E-state index contributed by atoms with van der Waals surface area (Å²) >= 11 is 2.27. The molecule has 2 aromatic rings. The van der Waals surface area contributed by atoms with Gasteiger partial charge in [0.15, 0.2) is 0 Å². The van der Waals surface area contributed by atoms with Crippen molar-refractivity contribution in [1.82, 2.24) is 5.32 Å². The molecule has 0 heterocycles. The fraction of sp³-hybridized carbons (Fsp3) is 0.278. The molecule has 0 radical (unpaired) electrons. The van der Waals surface area contributed by atoms with Crippen LogP contribution >= 0.6 is 22.6 Å². The van der Waals surface area contributed by atoms with Crippen molar-refractivity contribution in [3.05, 3.63) is 63.0 Å². The number of rotatable bonds is 5. The van der Waals surface area contributed by atoms with Crippen molar-refractivity contribution in [3.63, 3.8) is 0 Å². The average molecular weight is 424 g/mol. The van der Waals surface area contributed by atoms with Gasteiger partial charge in [0, 0.05) is 15.3 Å². The van der Waals surface area contributed by atoms with Crippen molar-refractivity contribution >= 4 is 34.2 Å². The lowest BCUT2D eigenvalue weighted by Gasteiger charge is -2.20. The van der Waals surface area contributed by atoms with Gasteiger partial charge in [0.1, 0.15) is 11.9 Å². The van der Waals surface area contributed by atoms with Crippen molar-refractivity contribution in [3.8, 4) is 0 Å². The molecule has 23 heavy (non-hydrogen) atoms. The second-order valence-electron chi connectivity index (χ2n) is 5.88. The van der Waals surface area contributed by atoms with Gasteiger partial charge in [-0.25, -0.2) is 4.39 Å². The number of hydrogen-bond acceptors (Lipinski definition) is 2. The Bertz CT molecular complexity index is 713. The summed E-state index contributed by atoms with van der Waals surface area (Å²) in [4.78, 5) is 12.6. The maximum Gasteiger partial charge on any atom is 0.247 e. The molecular formula is C18H18FIN2O. The van der Waals surface area contributed by atoms with E-state index in [9.17, 15) is 9.18 Å². The molecule has 0 spiro atoms. The first-order valence-electron chi connectivity index (χ1n) is 7.61. The summed E-state index contributed by atoms with van der Waals surface area (Å²) in [6, 6.07) is 11.8. The van der Waals surface area contributed by atoms with Gasteiger partial charge in [-0.2, -0.15) is 0 Å². The summed E-state index contributed by atoms with van der Waals surface area (Å²) in [5, 5.41) is 6.29. The Kier molecular flexibility index (Phi) is 4.84. The standard InChI is InChI=1S/C18H18FIN2O/c1-11-2-7-15(10-16(11)20)21-17(18(23)22-14-8-9-14)12-3-5-13(19)6-4-12/h2-7,10,14,17,21H,8-9H2,1H3,(H,22,23)/t17-/m0/s1. The van der Waals surface area contributed by atoms with Crippen LogP contribution in [0.1, 0.15) is 30.0 Å². The van der Waals surface area contributed by atoms with Gasteiger partial charge in [-0.3, -0.25) is 4.79 Å². The number of anilines is 1. The molecule has 5 heteroatoms. The minimum Gasteiger partial charge on any atom is -0.370 e. The van der Waals surface area contributed by atoms with E-state index in [0.717, 1.165) is 27.7 Å². The largest absolute Gasteiger partial charge is 0.370 e. The van der Waals surface area contributed by atoms with Crippen molar-refractivity contribution in [1.29, 1.82) is 0 Å². The molecule has 1 fully saturated rings. The summed E-state index contributed by atoms with van der Waals surface area (Å²) in [6.07, 6.45) is 2.06. The molecule has 0 aliphatic heterocycles. The van der Waals surface area contributed by atoms with E-state index in [2.05, 4.69) is 33.2 Å². The monoisotopic (exact) mass is 424 g/mol. The van der Waals surface area contributed by atoms with Crippen LogP contribution in [0.5, 0.6) is 0 Å². The molecule has 0 saturated heterocycles. The molecule has 2 aromatic carbocycles. The molecule has 1 amide bonds. The van der Waals surface area contributed by atoms with E-state index in [1.54, 1.807) is 12.1 Å². The summed E-state index contributed by atoms with van der Waals surface area (Å²) in [5.41, 5.74) is 2.82. The highest BCUT2D eigenvalue weighted by Gasteiger charge is 2.28. The SMILES string of the molecule is Cc1ccc(N[C@H](C(=O)NC2CC2)c2ccc(F)cc2)cc1I. The Morgan fingerprint density at radius 2 is 1.91 bits per heavy atom. The fourth-order valence-corrected chi connectivity index (χ4v) is 2.83. The molecule has 3 rings (SSSR count). The van der Waals surface area contributed by atoms with Crippen LogP contribution in [0.3, 0.4) is 0 Å². The fourth-order valence-electron chi connectivity index (χ4n) is 2.32. The lowest BCUT2D eigenvalue weighted by molar-refractivity contribution is -0.122. The number of nitrogens with one attached hydrogen (secondary N) is 2. The molecule has 2 N–H and O–H groups in total. The highest BCUT2D eigenvalue weighted by Crippen LogP contribution is 2.25. The highest BCUT2D eigenvalue weighted by atomic mass is 127. The molecule has 1 aliphatic carbocycles. The Morgan fingerprint density at radius 1 is 1.22 bits per heavy atom. The zero-order chi connectivity index (χ0) is 16.4. The summed E-state index contributed by atoms with van der Waals surface area (Å²) in [6.45, 7) is 2.04. The average Bonchev–Trinajstić information content (AvgIpc) is 3.33. The smallest absolute Gasteiger partial charge is 0.247 e. The molecule has 0 bridgehead atoms. The Hall–Kier alpha value is -1.63. The van der Waals surface area contributed by atoms with E-state index in [1.165, 1.54) is 17.7 Å². The minimum atomic E-state index is -0.533. The van der Waals surface area contributed by atoms with Gasteiger partial charge in [-0.1, -0.05) is 18.2 Å². The van der Waals surface area contributed by atoms with Gasteiger partial charge in [0.2, 0.25) is 5.91 Å². The third-order valence-electron chi connectivity index (χ3n) is 3.87. The maximum atomic E-state index is 13.2. The predicted molar refractivity (Wildman–Crippen MR) is 97.8 cm³/mol. The van der Waals surface area contributed by atoms with Crippen LogP contribution in [0.4, 0.5) is 10.1 Å². The number of amides is 1. The van der Waals surface area contributed by atoms with Gasteiger partial charge in [-0.15, -0.1) is 0 Å². The van der Waals surface area contributed by atoms with Crippen molar-refractivity contribution < 1.29 is 9.18 Å². The molecule has 1 saturated carbocycles. The van der Waals surface area contributed by atoms with Crippen LogP contribution in [0, 0.1) is 16.3 Å². The lowest BCUT2D eigenvalue weighted by Crippen LogP contribution is -2.34. The highest BCUT2D eigenvalue weighted by molar-refractivity contribution is 14.1. The summed E-state index contributed by atoms with van der Waals surface area (Å²) in [5.74, 6) is -0.380. The quantitative estimate of drug-likeness (QED) is 0.708. The van der Waals surface area contributed by atoms with Gasteiger partial charge in [0.25, 0.3) is 0 Å². The minimum absolute atomic E-state index is 0.0744. The van der Waals surface area contributed by atoms with Gasteiger partial charge < -0.3 is 10.6 Å². The van der Waals surface area contributed by atoms with E-state index in [1.807, 2.05) is 25.1 Å². The number of hydrogen-bond donors (Lipinski definition) is 2. The molecular weight excluding hydrogens is 406 g/mol. The van der Waals surface area contributed by atoms with Crippen LogP contribution < -0.4 is 10.6 Å². The molecule has 120 valence electrons. The first-order valence-corrected chi connectivity index (χ1v) is 8.69. The third kappa shape index (κ3) is 4.22. The Labute approximate surface area is 148 Å². The predicted octanol–water partition coefficient (Wildman–Crippen LogP) is 4.17. The summed E-state index contributed by atoms with van der Waals surface area (Å²) in [7, 11) is 0. The first kappa shape index (κ1) is 16.2. The van der Waals surface area contributed by atoms with Crippen LogP contribution in [0.25, 0.3) is 0 Å². The molecule has 1 aliphatic rings. The van der Waals surface area contributed by atoms with E-state index >= 15 is 0 Å². The van der Waals surface area contributed by atoms with E-state index < -0.39 is 6.04 Å². The maximum absolute atomic E-state index is 13.2. The number of benzene rings is 2. The van der Waals surface area contributed by atoms with Crippen LogP contribution in [0.2, 0.25) is 0 Å². The number of carbonyl (C=O) groups is 1. The van der Waals surface area contributed by atoms with E-state index in [0.29, 0.717) is 0 Å². The van der Waals surface area contributed by atoms with Crippen LogP contribution in [-0.4, -0.2) is 11.9 Å². The van der Waals surface area contributed by atoms with Crippen molar-refractivity contribution in [2.24, 2.45) is 0 Å². The lowest BCUT2D eigenvalue weighted by atomic mass is 10.1. The van der Waals surface area contributed by atoms with Gasteiger partial charge in [0.05, 0.1) is 0 Å². The number of carbonyl (C=O) groups excluding carboxylic acids is 1. The first-order chi connectivity index (χ1) is 11.0. The van der Waals surface area contributed by atoms with Crippen LogP contribution in [-0.2, 0) is 4.79 Å². The molecule has 0 aromatic heterocycles. The second-order valence-corrected chi connectivity index (χ2v) is 7.04. The normalized spacial score (nSPS) is 15.1. The van der Waals surface area contributed by atoms with E-state index in [4.69, 9.17) is 0 Å². The Morgan fingerprint density at radius 3 is 2.52 bits per heavy atom. The summed E-state index contributed by atoms with van der Waals surface area (Å²) < 4.78 is 14.3. The second kappa shape index (κ2) is 6.86. The van der Waals surface area contributed by atoms with E-state index in [-0.39, 0.29) is 17.8 Å². The number of halogens is 2. The zero-order valence-electron chi connectivity index (χ0n) is 12.8. The third-order valence-corrected chi connectivity index (χ3v) is 5.03. The van der Waals surface area contributed by atoms with Crippen LogP contribution in [0.15, 0.2) is 42.5 Å². The van der Waals surface area contributed by atoms with Crippen molar-refractivity contribution in [2.75, 3.05) is 5.32 Å². The molecule has 1 atom stereocenters. The topological polar surface area (TPSA) is 41.1 Å². The van der Waals surface area contributed by atoms with Gasteiger partial charge in [-0.05, 0) is 77.7 Å². The molecule has 3 nitrogen and oxygen atoms in total. The Balaban J connectivity index is 1.85.